The third-order valence-corrected chi connectivity index (χ3v) is 5.11. The standard InChI is InChI=1S/C23H26N2O3S/c1-4-15-28-20-11-9-18(16-21(20)27-3)10-12-23(26)25-19-7-5-6-8-22(19)29-17(2)13-14-24/h5-12,16-17H,4,13,15H2,1-3H3,(H,25,26). The molecule has 0 aliphatic heterocycles. The number of amides is 1. The van der Waals surface area contributed by atoms with Crippen LogP contribution in [0.2, 0.25) is 0 Å². The lowest BCUT2D eigenvalue weighted by molar-refractivity contribution is -0.111. The summed E-state index contributed by atoms with van der Waals surface area (Å²) in [6, 6.07) is 15.3. The van der Waals surface area contributed by atoms with Gasteiger partial charge in [0, 0.05) is 22.6 Å². The van der Waals surface area contributed by atoms with E-state index in [1.165, 1.54) is 6.08 Å². The van der Waals surface area contributed by atoms with Gasteiger partial charge in [-0.1, -0.05) is 32.0 Å². The molecule has 1 N–H and O–H groups in total. The molecule has 0 saturated heterocycles. The van der Waals surface area contributed by atoms with Crippen LogP contribution in [0.1, 0.15) is 32.3 Å². The topological polar surface area (TPSA) is 71.3 Å². The number of benzene rings is 2. The zero-order chi connectivity index (χ0) is 21.1. The highest BCUT2D eigenvalue weighted by molar-refractivity contribution is 8.00. The molecule has 2 rings (SSSR count). The Hall–Kier alpha value is -2.91. The van der Waals surface area contributed by atoms with Gasteiger partial charge in [-0.2, -0.15) is 5.26 Å². The van der Waals surface area contributed by atoms with Crippen LogP contribution in [0.25, 0.3) is 6.08 Å². The molecule has 29 heavy (non-hydrogen) atoms. The van der Waals surface area contributed by atoms with Crippen LogP contribution in [-0.2, 0) is 4.79 Å². The molecule has 1 unspecified atom stereocenters. The minimum Gasteiger partial charge on any atom is -0.493 e. The number of ether oxygens (including phenoxy) is 2. The third-order valence-electron chi connectivity index (χ3n) is 3.93. The SMILES string of the molecule is CCCOc1ccc(C=CC(=O)Nc2ccccc2SC(C)CC#N)cc1OC. The molecule has 0 fully saturated rings. The van der Waals surface area contributed by atoms with Crippen LogP contribution < -0.4 is 14.8 Å². The number of thioether (sulfide) groups is 1. The average molecular weight is 411 g/mol. The number of nitrogens with one attached hydrogen (secondary N) is 1. The molecule has 0 saturated carbocycles. The van der Waals surface area contributed by atoms with E-state index in [9.17, 15) is 4.79 Å². The van der Waals surface area contributed by atoms with Gasteiger partial charge in [-0.05, 0) is 42.3 Å². The van der Waals surface area contributed by atoms with Crippen molar-refractivity contribution in [1.29, 1.82) is 5.26 Å². The summed E-state index contributed by atoms with van der Waals surface area (Å²) in [5, 5.41) is 11.9. The van der Waals surface area contributed by atoms with E-state index >= 15 is 0 Å². The quantitative estimate of drug-likeness (QED) is 0.412. The highest BCUT2D eigenvalue weighted by Crippen LogP contribution is 2.32. The predicted molar refractivity (Wildman–Crippen MR) is 118 cm³/mol. The Kier molecular flexibility index (Phi) is 9.13. The van der Waals surface area contributed by atoms with Gasteiger partial charge in [0.2, 0.25) is 5.91 Å². The first-order chi connectivity index (χ1) is 14.1. The molecule has 2 aromatic rings. The number of carbonyl (C=O) groups is 1. The zero-order valence-corrected chi connectivity index (χ0v) is 17.8. The number of para-hydroxylation sites is 1. The van der Waals surface area contributed by atoms with Gasteiger partial charge in [0.1, 0.15) is 0 Å². The molecule has 0 bridgehead atoms. The van der Waals surface area contributed by atoms with Gasteiger partial charge in [0.25, 0.3) is 0 Å². The summed E-state index contributed by atoms with van der Waals surface area (Å²) in [6.07, 6.45) is 4.59. The van der Waals surface area contributed by atoms with Crippen LogP contribution >= 0.6 is 11.8 Å². The van der Waals surface area contributed by atoms with E-state index < -0.39 is 0 Å². The van der Waals surface area contributed by atoms with E-state index in [4.69, 9.17) is 14.7 Å². The van der Waals surface area contributed by atoms with Crippen LogP contribution in [0.4, 0.5) is 5.69 Å². The van der Waals surface area contributed by atoms with Crippen LogP contribution in [0.5, 0.6) is 11.5 Å². The van der Waals surface area contributed by atoms with Crippen LogP contribution in [0.15, 0.2) is 53.4 Å². The Morgan fingerprint density at radius 3 is 2.79 bits per heavy atom. The van der Waals surface area contributed by atoms with Gasteiger partial charge in [-0.15, -0.1) is 11.8 Å². The lowest BCUT2D eigenvalue weighted by Gasteiger charge is -2.12. The summed E-state index contributed by atoms with van der Waals surface area (Å²) in [5.74, 6) is 1.10. The van der Waals surface area contributed by atoms with Crippen molar-refractivity contribution >= 4 is 29.4 Å². The molecule has 1 amide bonds. The van der Waals surface area contributed by atoms with Gasteiger partial charge in [-0.3, -0.25) is 4.79 Å². The molecule has 0 aromatic heterocycles. The highest BCUT2D eigenvalue weighted by atomic mass is 32.2. The lowest BCUT2D eigenvalue weighted by Crippen LogP contribution is -2.09. The maximum atomic E-state index is 12.4. The Labute approximate surface area is 176 Å². The van der Waals surface area contributed by atoms with Crippen molar-refractivity contribution in [3.63, 3.8) is 0 Å². The summed E-state index contributed by atoms with van der Waals surface area (Å²) in [4.78, 5) is 13.3. The largest absolute Gasteiger partial charge is 0.493 e. The number of nitriles is 1. The van der Waals surface area contributed by atoms with Crippen molar-refractivity contribution in [3.05, 3.63) is 54.1 Å². The molecule has 152 valence electrons. The van der Waals surface area contributed by atoms with Gasteiger partial charge in [0.05, 0.1) is 25.5 Å². The summed E-state index contributed by atoms with van der Waals surface area (Å²) < 4.78 is 11.0. The summed E-state index contributed by atoms with van der Waals surface area (Å²) in [7, 11) is 1.59. The van der Waals surface area contributed by atoms with Gasteiger partial charge in [0.15, 0.2) is 11.5 Å². The molecule has 5 nitrogen and oxygen atoms in total. The number of methoxy groups -OCH3 is 1. The summed E-state index contributed by atoms with van der Waals surface area (Å²) >= 11 is 1.57. The average Bonchev–Trinajstić information content (AvgIpc) is 2.72. The molecule has 1 atom stereocenters. The molecular formula is C23H26N2O3S. The van der Waals surface area contributed by atoms with Gasteiger partial charge >= 0.3 is 0 Å². The summed E-state index contributed by atoms with van der Waals surface area (Å²) in [6.45, 7) is 4.66. The third kappa shape index (κ3) is 7.20. The molecule has 6 heteroatoms. The molecule has 0 aliphatic rings. The molecule has 0 radical (unpaired) electrons. The Bertz CT molecular complexity index is 890. The van der Waals surface area contributed by atoms with Gasteiger partial charge in [-0.25, -0.2) is 0 Å². The number of rotatable bonds is 10. The number of anilines is 1. The van der Waals surface area contributed by atoms with Crippen molar-refractivity contribution in [2.45, 2.75) is 36.8 Å². The molecular weight excluding hydrogens is 384 g/mol. The van der Waals surface area contributed by atoms with E-state index in [2.05, 4.69) is 11.4 Å². The number of carbonyl (C=O) groups excluding carboxylic acids is 1. The minimum absolute atomic E-state index is 0.148. The van der Waals surface area contributed by atoms with Crippen LogP contribution in [0.3, 0.4) is 0 Å². The van der Waals surface area contributed by atoms with E-state index in [-0.39, 0.29) is 11.2 Å². The fourth-order valence-electron chi connectivity index (χ4n) is 2.53. The van der Waals surface area contributed by atoms with Crippen molar-refractivity contribution in [2.24, 2.45) is 0 Å². The lowest BCUT2D eigenvalue weighted by atomic mass is 10.2. The smallest absolute Gasteiger partial charge is 0.248 e. The van der Waals surface area contributed by atoms with Crippen LogP contribution in [-0.4, -0.2) is 24.9 Å². The Morgan fingerprint density at radius 2 is 2.07 bits per heavy atom. The second-order valence-electron chi connectivity index (χ2n) is 6.37. The second-order valence-corrected chi connectivity index (χ2v) is 7.85. The van der Waals surface area contributed by atoms with Crippen molar-refractivity contribution < 1.29 is 14.3 Å². The highest BCUT2D eigenvalue weighted by Gasteiger charge is 2.10. The number of hydrogen-bond acceptors (Lipinski definition) is 5. The maximum Gasteiger partial charge on any atom is 0.248 e. The Balaban J connectivity index is 2.06. The number of nitrogens with zero attached hydrogens (tertiary/aromatic N) is 1. The predicted octanol–water partition coefficient (Wildman–Crippen LogP) is 5.53. The monoisotopic (exact) mass is 410 g/mol. The first-order valence-corrected chi connectivity index (χ1v) is 10.4. The summed E-state index contributed by atoms with van der Waals surface area (Å²) in [5.41, 5.74) is 1.57. The number of hydrogen-bond donors (Lipinski definition) is 1. The molecule has 0 spiro atoms. The fraction of sp³-hybridized carbons (Fsp3) is 0.304. The maximum absolute atomic E-state index is 12.4. The first kappa shape index (κ1) is 22.4. The van der Waals surface area contributed by atoms with E-state index in [0.717, 1.165) is 22.6 Å². The Morgan fingerprint density at radius 1 is 1.28 bits per heavy atom. The van der Waals surface area contributed by atoms with Crippen molar-refractivity contribution in [3.8, 4) is 17.6 Å². The van der Waals surface area contributed by atoms with E-state index in [1.807, 2.05) is 56.3 Å². The van der Waals surface area contributed by atoms with E-state index in [1.54, 1.807) is 24.9 Å². The first-order valence-electron chi connectivity index (χ1n) is 9.50. The van der Waals surface area contributed by atoms with Crippen molar-refractivity contribution in [1.82, 2.24) is 0 Å². The second kappa shape index (κ2) is 11.8. The van der Waals surface area contributed by atoms with Crippen molar-refractivity contribution in [2.75, 3.05) is 19.0 Å². The molecule has 0 heterocycles. The minimum atomic E-state index is -0.226. The zero-order valence-electron chi connectivity index (χ0n) is 17.0. The fourth-order valence-corrected chi connectivity index (χ4v) is 3.52. The molecule has 0 aliphatic carbocycles. The normalized spacial score (nSPS) is 11.7. The van der Waals surface area contributed by atoms with Gasteiger partial charge < -0.3 is 14.8 Å². The molecule has 2 aromatic carbocycles. The van der Waals surface area contributed by atoms with E-state index in [0.29, 0.717) is 24.5 Å². The van der Waals surface area contributed by atoms with Crippen LogP contribution in [0, 0.1) is 11.3 Å².